The van der Waals surface area contributed by atoms with Crippen LogP contribution < -0.4 is 5.56 Å². The Kier molecular flexibility index (Phi) is 2.45. The van der Waals surface area contributed by atoms with Gasteiger partial charge in [-0.05, 0) is 30.2 Å². The lowest BCUT2D eigenvalue weighted by Crippen LogP contribution is -2.06. The Bertz CT molecular complexity index is 757. The van der Waals surface area contributed by atoms with Crippen LogP contribution in [0.1, 0.15) is 5.56 Å². The molecule has 0 aliphatic heterocycles. The Labute approximate surface area is 104 Å². The van der Waals surface area contributed by atoms with Crippen LogP contribution in [0.25, 0.3) is 21.9 Å². The minimum Gasteiger partial charge on any atom is -0.267 e. The molecule has 0 unspecified atom stereocenters. The molecule has 2 aromatic carbocycles. The minimum atomic E-state index is -0.150. The van der Waals surface area contributed by atoms with E-state index in [4.69, 9.17) is 0 Å². The number of aromatic nitrogens is 2. The first-order chi connectivity index (χ1) is 8.74. The van der Waals surface area contributed by atoms with Gasteiger partial charge in [0.2, 0.25) is 0 Å². The van der Waals surface area contributed by atoms with E-state index in [0.29, 0.717) is 5.39 Å². The summed E-state index contributed by atoms with van der Waals surface area (Å²) in [6, 6.07) is 14.1. The third-order valence-corrected chi connectivity index (χ3v) is 3.05. The van der Waals surface area contributed by atoms with Gasteiger partial charge < -0.3 is 0 Å². The maximum atomic E-state index is 11.6. The molecule has 3 rings (SSSR count). The first-order valence-corrected chi connectivity index (χ1v) is 5.78. The Balaban J connectivity index is 2.19. The van der Waals surface area contributed by atoms with Crippen molar-refractivity contribution in [2.75, 3.05) is 0 Å². The molecule has 3 nitrogen and oxygen atoms in total. The second kappa shape index (κ2) is 4.11. The number of nitrogens with zero attached hydrogens (tertiary/aromatic N) is 1. The molecule has 0 saturated carbocycles. The van der Waals surface area contributed by atoms with Gasteiger partial charge in [0.1, 0.15) is 0 Å². The Hall–Kier alpha value is -2.42. The number of hydrogen-bond acceptors (Lipinski definition) is 2. The summed E-state index contributed by atoms with van der Waals surface area (Å²) < 4.78 is 0. The first kappa shape index (κ1) is 10.7. The lowest BCUT2D eigenvalue weighted by molar-refractivity contribution is 1.01. The molecule has 1 heterocycles. The van der Waals surface area contributed by atoms with E-state index in [-0.39, 0.29) is 5.56 Å². The molecule has 1 N–H and O–H groups in total. The maximum absolute atomic E-state index is 11.6. The molecule has 18 heavy (non-hydrogen) atoms. The number of rotatable bonds is 1. The molecular weight excluding hydrogens is 224 g/mol. The van der Waals surface area contributed by atoms with Crippen molar-refractivity contribution in [1.29, 1.82) is 0 Å². The topological polar surface area (TPSA) is 45.8 Å². The van der Waals surface area contributed by atoms with Gasteiger partial charge >= 0.3 is 0 Å². The molecule has 88 valence electrons. The molecule has 0 aliphatic rings. The van der Waals surface area contributed by atoms with Crippen LogP contribution in [0, 0.1) is 6.92 Å². The van der Waals surface area contributed by atoms with Crippen molar-refractivity contribution in [2.45, 2.75) is 6.92 Å². The molecule has 0 spiro atoms. The van der Waals surface area contributed by atoms with E-state index in [2.05, 4.69) is 41.4 Å². The van der Waals surface area contributed by atoms with E-state index >= 15 is 0 Å². The highest BCUT2D eigenvalue weighted by Crippen LogP contribution is 2.22. The number of H-pyrrole nitrogens is 1. The van der Waals surface area contributed by atoms with Crippen LogP contribution in [-0.4, -0.2) is 10.2 Å². The quantitative estimate of drug-likeness (QED) is 0.706. The van der Waals surface area contributed by atoms with E-state index in [9.17, 15) is 4.79 Å². The normalized spacial score (nSPS) is 10.7. The fraction of sp³-hybridized carbons (Fsp3) is 0.0667. The second-order valence-electron chi connectivity index (χ2n) is 4.37. The van der Waals surface area contributed by atoms with Crippen molar-refractivity contribution >= 4 is 10.8 Å². The third kappa shape index (κ3) is 1.80. The van der Waals surface area contributed by atoms with Gasteiger partial charge in [-0.25, -0.2) is 5.10 Å². The minimum absolute atomic E-state index is 0.150. The standard InChI is InChI=1S/C15H12N2O/c1-10-2-4-11(5-3-10)12-6-7-14-13(8-12)9-16-17-15(14)18/h2-9H,1H3,(H,17,18). The number of aryl methyl sites for hydroxylation is 1. The first-order valence-electron chi connectivity index (χ1n) is 5.78. The van der Waals surface area contributed by atoms with Crippen molar-refractivity contribution in [3.05, 3.63) is 64.6 Å². The monoisotopic (exact) mass is 236 g/mol. The zero-order chi connectivity index (χ0) is 12.5. The molecule has 3 heteroatoms. The van der Waals surface area contributed by atoms with Gasteiger partial charge in [0, 0.05) is 5.39 Å². The summed E-state index contributed by atoms with van der Waals surface area (Å²) in [5, 5.41) is 7.78. The smallest absolute Gasteiger partial charge is 0.267 e. The number of aromatic amines is 1. The van der Waals surface area contributed by atoms with Gasteiger partial charge in [0.15, 0.2) is 0 Å². The highest BCUT2D eigenvalue weighted by molar-refractivity contribution is 5.85. The molecular formula is C15H12N2O. The summed E-state index contributed by atoms with van der Waals surface area (Å²) >= 11 is 0. The van der Waals surface area contributed by atoms with Crippen molar-refractivity contribution < 1.29 is 0 Å². The molecule has 0 atom stereocenters. The van der Waals surface area contributed by atoms with E-state index in [1.54, 1.807) is 6.20 Å². The molecule has 0 bridgehead atoms. The van der Waals surface area contributed by atoms with Crippen molar-refractivity contribution in [1.82, 2.24) is 10.2 Å². The highest BCUT2D eigenvalue weighted by atomic mass is 16.1. The van der Waals surface area contributed by atoms with E-state index in [1.165, 1.54) is 5.56 Å². The number of nitrogens with one attached hydrogen (secondary N) is 1. The molecule has 0 fully saturated rings. The average molecular weight is 236 g/mol. The van der Waals surface area contributed by atoms with Crippen LogP contribution in [0.4, 0.5) is 0 Å². The third-order valence-electron chi connectivity index (χ3n) is 3.05. The van der Waals surface area contributed by atoms with E-state index in [0.717, 1.165) is 16.5 Å². The van der Waals surface area contributed by atoms with Gasteiger partial charge in [-0.3, -0.25) is 4.79 Å². The average Bonchev–Trinajstić information content (AvgIpc) is 2.39. The molecule has 3 aromatic rings. The van der Waals surface area contributed by atoms with Gasteiger partial charge in [-0.1, -0.05) is 35.9 Å². The summed E-state index contributed by atoms with van der Waals surface area (Å²) in [7, 11) is 0. The summed E-state index contributed by atoms with van der Waals surface area (Å²) in [5.74, 6) is 0. The Morgan fingerprint density at radius 3 is 2.50 bits per heavy atom. The number of fused-ring (bicyclic) bond motifs is 1. The largest absolute Gasteiger partial charge is 0.272 e. The zero-order valence-electron chi connectivity index (χ0n) is 9.97. The second-order valence-corrected chi connectivity index (χ2v) is 4.37. The number of benzene rings is 2. The number of hydrogen-bond donors (Lipinski definition) is 1. The highest BCUT2D eigenvalue weighted by Gasteiger charge is 2.02. The zero-order valence-corrected chi connectivity index (χ0v) is 9.97. The fourth-order valence-corrected chi connectivity index (χ4v) is 2.02. The molecule has 0 saturated heterocycles. The predicted octanol–water partition coefficient (Wildman–Crippen LogP) is 2.90. The van der Waals surface area contributed by atoms with Crippen LogP contribution in [0.3, 0.4) is 0 Å². The van der Waals surface area contributed by atoms with Gasteiger partial charge in [0.05, 0.1) is 11.6 Å². The predicted molar refractivity (Wildman–Crippen MR) is 72.5 cm³/mol. The van der Waals surface area contributed by atoms with Crippen molar-refractivity contribution in [3.8, 4) is 11.1 Å². The molecule has 0 amide bonds. The Morgan fingerprint density at radius 2 is 1.72 bits per heavy atom. The van der Waals surface area contributed by atoms with Crippen LogP contribution in [-0.2, 0) is 0 Å². The van der Waals surface area contributed by atoms with Crippen LogP contribution >= 0.6 is 0 Å². The molecule has 0 radical (unpaired) electrons. The fourth-order valence-electron chi connectivity index (χ4n) is 2.02. The maximum Gasteiger partial charge on any atom is 0.272 e. The van der Waals surface area contributed by atoms with Crippen molar-refractivity contribution in [3.63, 3.8) is 0 Å². The molecule has 1 aromatic heterocycles. The van der Waals surface area contributed by atoms with Crippen LogP contribution in [0.2, 0.25) is 0 Å². The van der Waals surface area contributed by atoms with Gasteiger partial charge in [-0.15, -0.1) is 0 Å². The van der Waals surface area contributed by atoms with Crippen LogP contribution in [0.5, 0.6) is 0 Å². The van der Waals surface area contributed by atoms with Gasteiger partial charge in [-0.2, -0.15) is 5.10 Å². The lowest BCUT2D eigenvalue weighted by Gasteiger charge is -2.03. The summed E-state index contributed by atoms with van der Waals surface area (Å²) in [6.07, 6.45) is 1.68. The van der Waals surface area contributed by atoms with Gasteiger partial charge in [0.25, 0.3) is 5.56 Å². The summed E-state index contributed by atoms with van der Waals surface area (Å²) in [4.78, 5) is 11.6. The summed E-state index contributed by atoms with van der Waals surface area (Å²) in [5.41, 5.74) is 3.32. The lowest BCUT2D eigenvalue weighted by atomic mass is 10.0. The Morgan fingerprint density at radius 1 is 1.00 bits per heavy atom. The summed E-state index contributed by atoms with van der Waals surface area (Å²) in [6.45, 7) is 2.06. The van der Waals surface area contributed by atoms with E-state index in [1.807, 2.05) is 18.2 Å². The van der Waals surface area contributed by atoms with Crippen LogP contribution in [0.15, 0.2) is 53.5 Å². The van der Waals surface area contributed by atoms with E-state index < -0.39 is 0 Å². The SMILES string of the molecule is Cc1ccc(-c2ccc3c(=O)[nH]ncc3c2)cc1. The van der Waals surface area contributed by atoms with Crippen molar-refractivity contribution in [2.24, 2.45) is 0 Å². The molecule has 0 aliphatic carbocycles.